The zero-order valence-corrected chi connectivity index (χ0v) is 18.2. The lowest BCUT2D eigenvalue weighted by Crippen LogP contribution is -2.61. The molecule has 3 saturated carbocycles. The van der Waals surface area contributed by atoms with E-state index in [1.807, 2.05) is 60.7 Å². The normalized spacial score (nSPS) is 28.4. The van der Waals surface area contributed by atoms with Gasteiger partial charge in [0, 0.05) is 0 Å². The first-order valence-electron chi connectivity index (χ1n) is 11.6. The zero-order valence-electron chi connectivity index (χ0n) is 18.2. The highest BCUT2D eigenvalue weighted by atomic mass is 16.5. The Bertz CT molecular complexity index is 828. The Labute approximate surface area is 185 Å². The fraction of sp³-hybridized carbons (Fsp3) is 0.481. The van der Waals surface area contributed by atoms with E-state index < -0.39 is 0 Å². The SMILES string of the molecule is C1=CCOc2ccccc2OCCCC23CC(CCCOc4ccccc4OC1)(C2)C3. The largest absolute Gasteiger partial charge is 0.490 e. The van der Waals surface area contributed by atoms with Gasteiger partial charge in [0.05, 0.1) is 13.2 Å². The quantitative estimate of drug-likeness (QED) is 0.475. The summed E-state index contributed by atoms with van der Waals surface area (Å²) in [6.45, 7) is 2.47. The molecule has 164 valence electrons. The summed E-state index contributed by atoms with van der Waals surface area (Å²) in [4.78, 5) is 0. The third kappa shape index (κ3) is 4.53. The maximum absolute atomic E-state index is 6.06. The molecule has 0 unspecified atom stereocenters. The number of benzene rings is 2. The monoisotopic (exact) mass is 420 g/mol. The first kappa shape index (κ1) is 20.3. The van der Waals surface area contributed by atoms with Gasteiger partial charge < -0.3 is 18.9 Å². The summed E-state index contributed by atoms with van der Waals surface area (Å²) >= 11 is 0. The fourth-order valence-corrected chi connectivity index (χ4v) is 5.81. The second-order valence-electron chi connectivity index (χ2n) is 9.42. The second-order valence-corrected chi connectivity index (χ2v) is 9.42. The predicted molar refractivity (Wildman–Crippen MR) is 121 cm³/mol. The molecular formula is C27H32O4. The highest BCUT2D eigenvalue weighted by Gasteiger charge is 2.65. The highest BCUT2D eigenvalue weighted by Crippen LogP contribution is 2.76. The molecular weight excluding hydrogens is 388 g/mol. The summed E-state index contributed by atoms with van der Waals surface area (Å²) < 4.78 is 24.0. The molecule has 0 aromatic heterocycles. The van der Waals surface area contributed by atoms with E-state index in [0.29, 0.717) is 24.0 Å². The van der Waals surface area contributed by atoms with Crippen molar-refractivity contribution in [3.63, 3.8) is 0 Å². The predicted octanol–water partition coefficient (Wildman–Crippen LogP) is 6.20. The Morgan fingerprint density at radius 2 is 0.903 bits per heavy atom. The number of rotatable bonds is 0. The number of ether oxygens (including phenoxy) is 4. The van der Waals surface area contributed by atoms with E-state index in [1.165, 1.54) is 32.1 Å². The summed E-state index contributed by atoms with van der Waals surface area (Å²) in [5, 5.41) is 0. The average molecular weight is 421 g/mol. The van der Waals surface area contributed by atoms with Crippen LogP contribution in [0.15, 0.2) is 60.7 Å². The molecule has 3 fully saturated rings. The van der Waals surface area contributed by atoms with E-state index in [9.17, 15) is 0 Å². The van der Waals surface area contributed by atoms with Crippen LogP contribution < -0.4 is 18.9 Å². The van der Waals surface area contributed by atoms with Gasteiger partial charge in [-0.1, -0.05) is 24.3 Å². The van der Waals surface area contributed by atoms with Crippen molar-refractivity contribution in [2.75, 3.05) is 26.4 Å². The molecule has 2 bridgehead atoms. The molecule has 0 N–H and O–H groups in total. The van der Waals surface area contributed by atoms with Crippen molar-refractivity contribution in [1.29, 1.82) is 0 Å². The second kappa shape index (κ2) is 8.86. The third-order valence-electron chi connectivity index (χ3n) is 7.00. The van der Waals surface area contributed by atoms with E-state index in [-0.39, 0.29) is 0 Å². The van der Waals surface area contributed by atoms with Crippen molar-refractivity contribution >= 4 is 0 Å². The minimum Gasteiger partial charge on any atom is -0.490 e. The molecule has 8 rings (SSSR count). The van der Waals surface area contributed by atoms with Crippen LogP contribution in [0, 0.1) is 10.8 Å². The number of hydrogen-bond donors (Lipinski definition) is 0. The van der Waals surface area contributed by atoms with Gasteiger partial charge >= 0.3 is 0 Å². The molecule has 0 spiro atoms. The van der Waals surface area contributed by atoms with Crippen LogP contribution in [-0.4, -0.2) is 26.4 Å². The molecule has 0 atom stereocenters. The van der Waals surface area contributed by atoms with Crippen molar-refractivity contribution < 1.29 is 18.9 Å². The summed E-state index contributed by atoms with van der Waals surface area (Å²) in [7, 11) is 0. The van der Waals surface area contributed by atoms with Crippen molar-refractivity contribution in [2.24, 2.45) is 10.8 Å². The molecule has 0 amide bonds. The summed E-state index contributed by atoms with van der Waals surface area (Å²) in [5.41, 5.74) is 1.20. The molecule has 6 aliphatic rings. The van der Waals surface area contributed by atoms with Crippen LogP contribution in [-0.2, 0) is 0 Å². The average Bonchev–Trinajstić information content (AvgIpc) is 2.74. The fourth-order valence-electron chi connectivity index (χ4n) is 5.81. The molecule has 4 nitrogen and oxygen atoms in total. The lowest BCUT2D eigenvalue weighted by Gasteiger charge is -2.72. The molecule has 2 aromatic carbocycles. The van der Waals surface area contributed by atoms with E-state index in [0.717, 1.165) is 49.1 Å². The summed E-state index contributed by atoms with van der Waals surface area (Å²) in [5.74, 6) is 3.25. The van der Waals surface area contributed by atoms with Crippen LogP contribution in [0.2, 0.25) is 0 Å². The van der Waals surface area contributed by atoms with Gasteiger partial charge in [0.15, 0.2) is 23.0 Å². The van der Waals surface area contributed by atoms with Gasteiger partial charge in [-0.05, 0) is 92.2 Å². The Kier molecular flexibility index (Phi) is 5.80. The summed E-state index contributed by atoms with van der Waals surface area (Å²) in [6.07, 6.45) is 12.9. The van der Waals surface area contributed by atoms with Gasteiger partial charge in [-0.2, -0.15) is 0 Å². The molecule has 3 heterocycles. The maximum Gasteiger partial charge on any atom is 0.161 e. The van der Waals surface area contributed by atoms with Crippen LogP contribution >= 0.6 is 0 Å². The third-order valence-corrected chi connectivity index (χ3v) is 7.00. The molecule has 0 saturated heterocycles. The van der Waals surface area contributed by atoms with Crippen molar-refractivity contribution in [3.8, 4) is 23.0 Å². The molecule has 0 radical (unpaired) electrons. The topological polar surface area (TPSA) is 36.9 Å². The Hall–Kier alpha value is -2.62. The van der Waals surface area contributed by atoms with Gasteiger partial charge in [-0.25, -0.2) is 0 Å². The lowest BCUT2D eigenvalue weighted by atomic mass is 9.33. The minimum absolute atomic E-state index is 0.479. The first-order valence-corrected chi connectivity index (χ1v) is 11.6. The maximum atomic E-state index is 6.06. The van der Waals surface area contributed by atoms with Gasteiger partial charge in [-0.15, -0.1) is 0 Å². The Morgan fingerprint density at radius 3 is 1.32 bits per heavy atom. The number of para-hydroxylation sites is 4. The molecule has 3 aliphatic carbocycles. The van der Waals surface area contributed by atoms with Gasteiger partial charge in [0.2, 0.25) is 0 Å². The molecule has 4 heteroatoms. The summed E-state index contributed by atoms with van der Waals surface area (Å²) in [6, 6.07) is 15.9. The standard InChI is InChI=1S/C27H32O4/c1-3-11-24-22(9-1)28-15-5-6-16-29-23-10-2-4-12-25(23)31-18-8-14-27-19-26(20-27,21-27)13-7-17-30-24/h1-6,9-12H,7-8,13-21H2. The van der Waals surface area contributed by atoms with E-state index >= 15 is 0 Å². The van der Waals surface area contributed by atoms with Gasteiger partial charge in [0.1, 0.15) is 13.2 Å². The van der Waals surface area contributed by atoms with Gasteiger partial charge in [0.25, 0.3) is 0 Å². The Balaban J connectivity index is 1.24. The zero-order chi connectivity index (χ0) is 21.0. The molecule has 2 aromatic rings. The van der Waals surface area contributed by atoms with Crippen LogP contribution in [0.1, 0.15) is 44.9 Å². The van der Waals surface area contributed by atoms with Crippen molar-refractivity contribution in [2.45, 2.75) is 44.9 Å². The minimum atomic E-state index is 0.479. The first-order chi connectivity index (χ1) is 15.3. The smallest absolute Gasteiger partial charge is 0.161 e. The van der Waals surface area contributed by atoms with Crippen LogP contribution in [0.5, 0.6) is 23.0 Å². The van der Waals surface area contributed by atoms with Crippen molar-refractivity contribution in [1.82, 2.24) is 0 Å². The van der Waals surface area contributed by atoms with Crippen LogP contribution in [0.3, 0.4) is 0 Å². The Morgan fingerprint density at radius 1 is 0.516 bits per heavy atom. The molecule has 31 heavy (non-hydrogen) atoms. The van der Waals surface area contributed by atoms with Crippen LogP contribution in [0.25, 0.3) is 0 Å². The number of hydrogen-bond acceptors (Lipinski definition) is 4. The van der Waals surface area contributed by atoms with Gasteiger partial charge in [-0.3, -0.25) is 0 Å². The van der Waals surface area contributed by atoms with E-state index in [4.69, 9.17) is 18.9 Å². The molecule has 3 aliphatic heterocycles. The van der Waals surface area contributed by atoms with Crippen molar-refractivity contribution in [3.05, 3.63) is 60.7 Å². The van der Waals surface area contributed by atoms with Crippen LogP contribution in [0.4, 0.5) is 0 Å². The van der Waals surface area contributed by atoms with E-state index in [2.05, 4.69) is 0 Å². The van der Waals surface area contributed by atoms with E-state index in [1.54, 1.807) is 0 Å². The lowest BCUT2D eigenvalue weighted by molar-refractivity contribution is -0.213. The highest BCUT2D eigenvalue weighted by molar-refractivity contribution is 5.40.